The van der Waals surface area contributed by atoms with Crippen molar-refractivity contribution in [2.75, 3.05) is 6.61 Å². The van der Waals surface area contributed by atoms with Crippen molar-refractivity contribution >= 4 is 42.4 Å². The van der Waals surface area contributed by atoms with Gasteiger partial charge in [-0.2, -0.15) is 13.8 Å². The van der Waals surface area contributed by atoms with Gasteiger partial charge in [-0.05, 0) is 38.7 Å². The molecule has 4 rings (SSSR count). The van der Waals surface area contributed by atoms with Gasteiger partial charge in [0.15, 0.2) is 6.10 Å². The van der Waals surface area contributed by atoms with Gasteiger partial charge in [-0.25, -0.2) is 14.6 Å². The van der Waals surface area contributed by atoms with E-state index in [1.54, 1.807) is 0 Å². The lowest BCUT2D eigenvalue weighted by molar-refractivity contribution is -0.380. The highest BCUT2D eigenvalue weighted by molar-refractivity contribution is 7.51. The molecular formula is C23H31F2N6O9PS. The normalized spacial score (nSPS) is 26.5. The van der Waals surface area contributed by atoms with Crippen LogP contribution in [-0.4, -0.2) is 76.3 Å². The summed E-state index contributed by atoms with van der Waals surface area (Å²) in [6.45, 7) is 3.58. The molecule has 0 aromatic carbocycles. The fourth-order valence-electron chi connectivity index (χ4n) is 4.42. The number of esters is 1. The van der Waals surface area contributed by atoms with Crippen LogP contribution in [0.3, 0.4) is 0 Å². The molecule has 19 heteroatoms. The number of thiophene rings is 1. The van der Waals surface area contributed by atoms with E-state index in [1.807, 2.05) is 0 Å². The van der Waals surface area contributed by atoms with E-state index in [0.717, 1.165) is 41.8 Å². The number of carbonyl (C=O) groups excluding carboxylic acids is 1. The van der Waals surface area contributed by atoms with Crippen molar-refractivity contribution in [3.05, 3.63) is 39.5 Å². The first-order valence-electron chi connectivity index (χ1n) is 13.0. The van der Waals surface area contributed by atoms with Gasteiger partial charge in [-0.15, -0.1) is 0 Å². The van der Waals surface area contributed by atoms with Crippen molar-refractivity contribution in [3.63, 3.8) is 0 Å². The number of nitrogens with one attached hydrogen (secondary N) is 1. The zero-order chi connectivity index (χ0) is 30.7. The Labute approximate surface area is 243 Å². The summed E-state index contributed by atoms with van der Waals surface area (Å²) >= 11 is 0.760. The van der Waals surface area contributed by atoms with Crippen molar-refractivity contribution in [2.45, 2.75) is 82.1 Å². The van der Waals surface area contributed by atoms with Crippen LogP contribution in [0.5, 0.6) is 0 Å². The number of alkyl halides is 2. The van der Waals surface area contributed by atoms with Gasteiger partial charge < -0.3 is 20.3 Å². The Balaban J connectivity index is 1.45. The number of nitrogens with zero attached hydrogens (tertiary/aromatic N) is 4. The number of aliphatic imine (C=N–C) groups is 2. The molecule has 1 aromatic rings. The highest BCUT2D eigenvalue weighted by atomic mass is 32.1. The summed E-state index contributed by atoms with van der Waals surface area (Å²) in [5.74, 6) is -5.04. The molecule has 0 spiro atoms. The lowest BCUT2D eigenvalue weighted by atomic mass is 9.98. The van der Waals surface area contributed by atoms with Gasteiger partial charge in [0.2, 0.25) is 12.2 Å². The lowest BCUT2D eigenvalue weighted by Crippen LogP contribution is -2.49. The predicted molar refractivity (Wildman–Crippen MR) is 146 cm³/mol. The van der Waals surface area contributed by atoms with E-state index in [2.05, 4.69) is 21.7 Å². The van der Waals surface area contributed by atoms with Gasteiger partial charge in [0.05, 0.1) is 18.1 Å². The summed E-state index contributed by atoms with van der Waals surface area (Å²) in [5.41, 5.74) is 5.45. The van der Waals surface area contributed by atoms with Crippen LogP contribution in [0.25, 0.3) is 0 Å². The summed E-state index contributed by atoms with van der Waals surface area (Å²) in [6.07, 6.45) is -1.38. The molecule has 15 nitrogen and oxygen atoms in total. The summed E-state index contributed by atoms with van der Waals surface area (Å²) in [4.78, 5) is 31.6. The minimum atomic E-state index is -4.50. The molecule has 3 aliphatic rings. The molecule has 0 radical (unpaired) electrons. The van der Waals surface area contributed by atoms with Crippen LogP contribution in [-0.2, 0) is 34.5 Å². The van der Waals surface area contributed by atoms with Gasteiger partial charge in [-0.1, -0.05) is 24.3 Å². The number of guanidine groups is 1. The molecule has 2 aliphatic heterocycles. The maximum absolute atomic E-state index is 15.0. The van der Waals surface area contributed by atoms with Crippen LogP contribution in [0, 0.1) is 10.1 Å². The van der Waals surface area contributed by atoms with Crippen molar-refractivity contribution < 1.29 is 46.7 Å². The second-order valence-corrected chi connectivity index (χ2v) is 12.7. The molecule has 1 saturated heterocycles. The summed E-state index contributed by atoms with van der Waals surface area (Å²) in [6, 6.07) is 1.40. The molecule has 0 bridgehead atoms. The minimum absolute atomic E-state index is 0.189. The van der Waals surface area contributed by atoms with E-state index >= 15 is 8.78 Å². The molecule has 1 aromatic heterocycles. The van der Waals surface area contributed by atoms with Gasteiger partial charge in [0.25, 0.3) is 0 Å². The van der Waals surface area contributed by atoms with Crippen LogP contribution in [0.15, 0.2) is 34.5 Å². The number of nitro groups is 1. The lowest BCUT2D eigenvalue weighted by Gasteiger charge is -2.30. The molecule has 1 unspecified atom stereocenters. The van der Waals surface area contributed by atoms with E-state index in [0.29, 0.717) is 17.7 Å². The number of carbonyl (C=O) groups is 1. The van der Waals surface area contributed by atoms with E-state index in [4.69, 9.17) is 24.3 Å². The van der Waals surface area contributed by atoms with Crippen LogP contribution >= 0.6 is 19.1 Å². The number of halogens is 2. The number of aliphatic hydroxyl groups excluding tert-OH is 1. The highest BCUT2D eigenvalue weighted by Crippen LogP contribution is 2.48. The Kier molecular flexibility index (Phi) is 10.1. The Morgan fingerprint density at radius 3 is 2.76 bits per heavy atom. The Hall–Kier alpha value is -2.86. The molecule has 4 N–H and O–H groups in total. The van der Waals surface area contributed by atoms with Gasteiger partial charge in [0.1, 0.15) is 30.4 Å². The van der Waals surface area contributed by atoms with Crippen molar-refractivity contribution in [2.24, 2.45) is 15.7 Å². The summed E-state index contributed by atoms with van der Waals surface area (Å²) in [5, 5.41) is 23.6. The summed E-state index contributed by atoms with van der Waals surface area (Å²) in [7, 11) is -4.50. The second-order valence-electron chi connectivity index (χ2n) is 9.80. The first-order valence-corrected chi connectivity index (χ1v) is 15.3. The maximum atomic E-state index is 15.0. The first-order chi connectivity index (χ1) is 19.8. The van der Waals surface area contributed by atoms with E-state index in [1.165, 1.54) is 19.1 Å². The predicted octanol–water partition coefficient (Wildman–Crippen LogP) is 3.00. The number of rotatable bonds is 12. The fraction of sp³-hybridized carbons (Fsp3) is 0.609. The number of aliphatic hydroxyl groups is 1. The van der Waals surface area contributed by atoms with Gasteiger partial charge in [0, 0.05) is 10.9 Å². The molecule has 232 valence electrons. The van der Waals surface area contributed by atoms with E-state index in [-0.39, 0.29) is 22.9 Å². The maximum Gasteiger partial charge on any atom is 0.406 e. The standard InChI is InChI=1S/C23H31F2N6O9PS/c1-13(20(33)39-15-6-4-3-5-7-15)29-41(36,37-10-16-8-9-18(42-16)31(34)35)38-11-17-19(32)23(24,25)21(40-17)30-12-27-22(26)28-14(30)2/h8-9,12-13,15,17,19,21,32H,2-7,10-11H2,1H3,(H2,26,28)(H,29,36)/t13-,17+,19-,21+,41?/m0/s1. The summed E-state index contributed by atoms with van der Waals surface area (Å²) < 4.78 is 65.4. The zero-order valence-electron chi connectivity index (χ0n) is 22.5. The number of ether oxygens (including phenoxy) is 2. The number of hydrogen-bond donors (Lipinski definition) is 3. The monoisotopic (exact) mass is 636 g/mol. The smallest absolute Gasteiger partial charge is 0.406 e. The van der Waals surface area contributed by atoms with Crippen LogP contribution in [0.4, 0.5) is 13.8 Å². The van der Waals surface area contributed by atoms with Crippen molar-refractivity contribution in [1.82, 2.24) is 9.99 Å². The molecule has 2 fully saturated rings. The molecule has 0 amide bonds. The largest absolute Gasteiger partial charge is 0.461 e. The SMILES string of the molecule is C=C1N=C(N)N=CN1[C@@H]1O[C@H](COP(=O)(N[C@@H](C)C(=O)OC2CCCCC2)OCc2ccc([N+](=O)[O-])s2)[C@H](O)C1(F)F. The molecule has 42 heavy (non-hydrogen) atoms. The van der Waals surface area contributed by atoms with Crippen LogP contribution in [0.2, 0.25) is 0 Å². The molecule has 1 saturated carbocycles. The number of hydrogen-bond acceptors (Lipinski definition) is 14. The number of nitrogens with two attached hydrogens (primary N) is 1. The van der Waals surface area contributed by atoms with E-state index in [9.17, 15) is 24.6 Å². The molecule has 5 atom stereocenters. The Morgan fingerprint density at radius 2 is 2.12 bits per heavy atom. The zero-order valence-corrected chi connectivity index (χ0v) is 24.2. The Morgan fingerprint density at radius 1 is 1.40 bits per heavy atom. The van der Waals surface area contributed by atoms with E-state index < -0.39 is 62.3 Å². The third kappa shape index (κ3) is 7.55. The highest BCUT2D eigenvalue weighted by Gasteiger charge is 2.61. The fourth-order valence-corrected chi connectivity index (χ4v) is 6.70. The van der Waals surface area contributed by atoms with Crippen molar-refractivity contribution in [1.29, 1.82) is 0 Å². The quantitative estimate of drug-likeness (QED) is 0.131. The topological polar surface area (TPSA) is 200 Å². The molecular weight excluding hydrogens is 605 g/mol. The Bertz CT molecular complexity index is 1290. The van der Waals surface area contributed by atoms with Crippen LogP contribution < -0.4 is 10.8 Å². The second kappa shape index (κ2) is 13.2. The average Bonchev–Trinajstić information content (AvgIpc) is 3.50. The van der Waals surface area contributed by atoms with Crippen LogP contribution in [0.1, 0.15) is 43.9 Å². The van der Waals surface area contributed by atoms with Gasteiger partial charge in [-0.3, -0.25) is 28.9 Å². The third-order valence-electron chi connectivity index (χ3n) is 6.64. The molecule has 1 aliphatic carbocycles. The molecule has 3 heterocycles. The minimum Gasteiger partial charge on any atom is -0.461 e. The average molecular weight is 637 g/mol. The van der Waals surface area contributed by atoms with Gasteiger partial charge >= 0.3 is 24.6 Å². The first kappa shape index (κ1) is 32.1. The van der Waals surface area contributed by atoms with Crippen molar-refractivity contribution in [3.8, 4) is 0 Å². The third-order valence-corrected chi connectivity index (χ3v) is 9.31.